The lowest BCUT2D eigenvalue weighted by Gasteiger charge is -2.07. The van der Waals surface area contributed by atoms with E-state index < -0.39 is 5.97 Å². The molecule has 5 heteroatoms. The molecule has 0 spiro atoms. The molecular formula is C19H19NO3S. The van der Waals surface area contributed by atoms with Crippen molar-refractivity contribution in [2.75, 3.05) is 12.3 Å². The van der Waals surface area contributed by atoms with Crippen LogP contribution in [0, 0.1) is 0 Å². The maximum Gasteiger partial charge on any atom is 0.305 e. The Labute approximate surface area is 146 Å². The van der Waals surface area contributed by atoms with Gasteiger partial charge in [-0.2, -0.15) is 12.6 Å². The Morgan fingerprint density at radius 2 is 1.62 bits per heavy atom. The second-order valence-electron chi connectivity index (χ2n) is 5.22. The van der Waals surface area contributed by atoms with Gasteiger partial charge in [0.05, 0.1) is 6.42 Å². The zero-order chi connectivity index (χ0) is 17.4. The largest absolute Gasteiger partial charge is 0.481 e. The molecule has 2 N–H and O–H groups in total. The summed E-state index contributed by atoms with van der Waals surface area (Å²) in [5.41, 5.74) is 3.63. The standard InChI is InChI=1S/C19H19NO3S/c21-18(22)10-11-20-19(23)17(13-24)12-14-6-8-16(9-7-14)15-4-2-1-3-5-15/h1-9,12,24H,10-11,13H2,(H,20,23)(H,21,22)/b17-12-. The third-order valence-electron chi connectivity index (χ3n) is 3.45. The van der Waals surface area contributed by atoms with Crippen molar-refractivity contribution in [2.45, 2.75) is 6.42 Å². The minimum absolute atomic E-state index is 0.0998. The van der Waals surface area contributed by atoms with E-state index >= 15 is 0 Å². The van der Waals surface area contributed by atoms with E-state index in [9.17, 15) is 9.59 Å². The number of thiol groups is 1. The molecule has 0 unspecified atom stereocenters. The summed E-state index contributed by atoms with van der Waals surface area (Å²) in [7, 11) is 0. The van der Waals surface area contributed by atoms with Crippen LogP contribution in [0.15, 0.2) is 60.2 Å². The summed E-state index contributed by atoms with van der Waals surface area (Å²) in [6.45, 7) is 0.103. The molecule has 0 bridgehead atoms. The van der Waals surface area contributed by atoms with Crippen molar-refractivity contribution in [2.24, 2.45) is 0 Å². The number of hydrogen-bond donors (Lipinski definition) is 3. The first-order valence-electron chi connectivity index (χ1n) is 7.57. The van der Waals surface area contributed by atoms with Crippen LogP contribution in [-0.4, -0.2) is 29.3 Å². The molecule has 0 aromatic heterocycles. The van der Waals surface area contributed by atoms with Crippen LogP contribution in [0.25, 0.3) is 17.2 Å². The highest BCUT2D eigenvalue weighted by molar-refractivity contribution is 7.80. The first-order chi connectivity index (χ1) is 11.6. The number of aliphatic carboxylic acids is 1. The summed E-state index contributed by atoms with van der Waals surface area (Å²) in [6.07, 6.45) is 1.66. The van der Waals surface area contributed by atoms with Gasteiger partial charge in [-0.05, 0) is 22.8 Å². The number of rotatable bonds is 7. The van der Waals surface area contributed by atoms with Gasteiger partial charge in [0.25, 0.3) is 0 Å². The van der Waals surface area contributed by atoms with E-state index in [-0.39, 0.29) is 24.6 Å². The molecule has 0 atom stereocenters. The van der Waals surface area contributed by atoms with E-state index in [1.165, 1.54) is 0 Å². The third-order valence-corrected chi connectivity index (χ3v) is 3.79. The highest BCUT2D eigenvalue weighted by Crippen LogP contribution is 2.20. The van der Waals surface area contributed by atoms with E-state index in [0.717, 1.165) is 16.7 Å². The molecule has 24 heavy (non-hydrogen) atoms. The van der Waals surface area contributed by atoms with Crippen LogP contribution < -0.4 is 5.32 Å². The van der Waals surface area contributed by atoms with Crippen molar-refractivity contribution in [3.8, 4) is 11.1 Å². The number of carboxylic acid groups (broad SMARTS) is 1. The van der Waals surface area contributed by atoms with Gasteiger partial charge in [0.1, 0.15) is 0 Å². The maximum atomic E-state index is 12.0. The monoisotopic (exact) mass is 341 g/mol. The number of hydrogen-bond acceptors (Lipinski definition) is 3. The van der Waals surface area contributed by atoms with Crippen LogP contribution in [0.5, 0.6) is 0 Å². The normalized spacial score (nSPS) is 11.1. The summed E-state index contributed by atoms with van der Waals surface area (Å²) in [4.78, 5) is 22.5. The van der Waals surface area contributed by atoms with Gasteiger partial charge in [-0.15, -0.1) is 0 Å². The molecule has 0 aliphatic carbocycles. The topological polar surface area (TPSA) is 66.4 Å². The Bertz CT molecular complexity index is 724. The van der Waals surface area contributed by atoms with Crippen molar-refractivity contribution >= 4 is 30.6 Å². The SMILES string of the molecule is O=C(O)CCNC(=O)/C(=C\c1ccc(-c2ccccc2)cc1)CS. The van der Waals surface area contributed by atoms with Crippen molar-refractivity contribution < 1.29 is 14.7 Å². The highest BCUT2D eigenvalue weighted by Gasteiger charge is 2.08. The second-order valence-corrected chi connectivity index (χ2v) is 5.53. The molecule has 2 aromatic carbocycles. The van der Waals surface area contributed by atoms with E-state index in [1.807, 2.05) is 54.6 Å². The lowest BCUT2D eigenvalue weighted by molar-refractivity contribution is -0.136. The Kier molecular flexibility index (Phi) is 6.63. The van der Waals surface area contributed by atoms with Crippen molar-refractivity contribution in [3.63, 3.8) is 0 Å². The molecule has 2 aromatic rings. The fourth-order valence-corrected chi connectivity index (χ4v) is 2.42. The lowest BCUT2D eigenvalue weighted by atomic mass is 10.0. The van der Waals surface area contributed by atoms with Gasteiger partial charge in [-0.1, -0.05) is 54.6 Å². The molecule has 0 aliphatic rings. The Balaban J connectivity index is 2.07. The van der Waals surface area contributed by atoms with Gasteiger partial charge in [-0.3, -0.25) is 9.59 Å². The number of carboxylic acids is 1. The quantitative estimate of drug-likeness (QED) is 0.535. The predicted molar refractivity (Wildman–Crippen MR) is 99.0 cm³/mol. The number of carbonyl (C=O) groups is 2. The van der Waals surface area contributed by atoms with Gasteiger partial charge >= 0.3 is 5.97 Å². The van der Waals surface area contributed by atoms with Crippen LogP contribution in [0.3, 0.4) is 0 Å². The van der Waals surface area contributed by atoms with E-state index in [2.05, 4.69) is 17.9 Å². The fourth-order valence-electron chi connectivity index (χ4n) is 2.18. The molecular weight excluding hydrogens is 322 g/mol. The Morgan fingerprint density at radius 1 is 1.00 bits per heavy atom. The third kappa shape index (κ3) is 5.28. The summed E-state index contributed by atoms with van der Waals surface area (Å²) in [5, 5.41) is 11.2. The van der Waals surface area contributed by atoms with Gasteiger partial charge in [-0.25, -0.2) is 0 Å². The van der Waals surface area contributed by atoms with E-state index in [1.54, 1.807) is 6.08 Å². The molecule has 4 nitrogen and oxygen atoms in total. The Hall–Kier alpha value is -2.53. The van der Waals surface area contributed by atoms with Gasteiger partial charge in [0.15, 0.2) is 0 Å². The average molecular weight is 341 g/mol. The van der Waals surface area contributed by atoms with E-state index in [4.69, 9.17) is 5.11 Å². The minimum atomic E-state index is -0.941. The number of amides is 1. The maximum absolute atomic E-state index is 12.0. The molecule has 0 fully saturated rings. The molecule has 0 radical (unpaired) electrons. The predicted octanol–water partition coefficient (Wildman–Crippen LogP) is 3.26. The number of nitrogens with one attached hydrogen (secondary N) is 1. The zero-order valence-corrected chi connectivity index (χ0v) is 14.0. The van der Waals surface area contributed by atoms with Crippen LogP contribution in [0.2, 0.25) is 0 Å². The van der Waals surface area contributed by atoms with Gasteiger partial charge in [0, 0.05) is 17.9 Å². The zero-order valence-electron chi connectivity index (χ0n) is 13.1. The molecule has 0 heterocycles. The molecule has 1 amide bonds. The van der Waals surface area contributed by atoms with Crippen LogP contribution >= 0.6 is 12.6 Å². The average Bonchev–Trinajstić information content (AvgIpc) is 2.60. The fraction of sp³-hybridized carbons (Fsp3) is 0.158. The van der Waals surface area contributed by atoms with Crippen LogP contribution in [0.4, 0.5) is 0 Å². The lowest BCUT2D eigenvalue weighted by Crippen LogP contribution is -2.27. The van der Waals surface area contributed by atoms with Crippen molar-refractivity contribution in [1.29, 1.82) is 0 Å². The van der Waals surface area contributed by atoms with Crippen LogP contribution in [-0.2, 0) is 9.59 Å². The first kappa shape index (κ1) is 17.8. The Morgan fingerprint density at radius 3 is 2.21 bits per heavy atom. The van der Waals surface area contributed by atoms with Gasteiger partial charge in [0.2, 0.25) is 5.91 Å². The highest BCUT2D eigenvalue weighted by atomic mass is 32.1. The molecule has 0 aliphatic heterocycles. The second kappa shape index (κ2) is 8.93. The molecule has 124 valence electrons. The van der Waals surface area contributed by atoms with E-state index in [0.29, 0.717) is 5.57 Å². The summed E-state index contributed by atoms with van der Waals surface area (Å²) in [6, 6.07) is 17.9. The summed E-state index contributed by atoms with van der Waals surface area (Å²) in [5.74, 6) is -0.958. The van der Waals surface area contributed by atoms with Crippen LogP contribution in [0.1, 0.15) is 12.0 Å². The molecule has 0 saturated heterocycles. The number of carbonyl (C=O) groups excluding carboxylic acids is 1. The molecule has 0 saturated carbocycles. The first-order valence-corrected chi connectivity index (χ1v) is 8.20. The van der Waals surface area contributed by atoms with Crippen molar-refractivity contribution in [1.82, 2.24) is 5.32 Å². The smallest absolute Gasteiger partial charge is 0.305 e. The number of benzene rings is 2. The van der Waals surface area contributed by atoms with Gasteiger partial charge < -0.3 is 10.4 Å². The summed E-state index contributed by atoms with van der Waals surface area (Å²) >= 11 is 4.18. The minimum Gasteiger partial charge on any atom is -0.481 e. The summed E-state index contributed by atoms with van der Waals surface area (Å²) < 4.78 is 0. The molecule has 2 rings (SSSR count). The van der Waals surface area contributed by atoms with Crippen molar-refractivity contribution in [3.05, 3.63) is 65.7 Å².